The van der Waals surface area contributed by atoms with E-state index in [9.17, 15) is 0 Å². The molecule has 3 rings (SSSR count). The zero-order valence-corrected chi connectivity index (χ0v) is 15.5. The van der Waals surface area contributed by atoms with Crippen LogP contribution in [0.5, 0.6) is 0 Å². The van der Waals surface area contributed by atoms with Crippen LogP contribution in [0.4, 0.5) is 0 Å². The van der Waals surface area contributed by atoms with Crippen LogP contribution in [0.3, 0.4) is 0 Å². The molecule has 2 aromatic rings. The highest BCUT2D eigenvalue weighted by Gasteiger charge is 2.22. The highest BCUT2D eigenvalue weighted by molar-refractivity contribution is 5.79. The standard InChI is InChI=1S/C18H27N7O/c1-3-25-12-6-7-14(25)13-22-18(19-2)21-11-9-16-23-17(26-24-16)15-8-4-5-10-20-15/h4-5,8,10,14H,3,6-7,9,11-13H2,1-2H3,(H2,19,21,22). The summed E-state index contributed by atoms with van der Waals surface area (Å²) in [5.74, 6) is 1.91. The number of rotatable bonds is 7. The van der Waals surface area contributed by atoms with Gasteiger partial charge >= 0.3 is 0 Å². The van der Waals surface area contributed by atoms with E-state index in [0.717, 1.165) is 19.0 Å². The van der Waals surface area contributed by atoms with Crippen molar-refractivity contribution >= 4 is 5.96 Å². The van der Waals surface area contributed by atoms with Crippen molar-refractivity contribution in [2.24, 2.45) is 4.99 Å². The topological polar surface area (TPSA) is 91.5 Å². The molecule has 0 spiro atoms. The van der Waals surface area contributed by atoms with E-state index in [1.165, 1.54) is 19.4 Å². The van der Waals surface area contributed by atoms with Crippen molar-refractivity contribution in [2.75, 3.05) is 33.2 Å². The lowest BCUT2D eigenvalue weighted by Crippen LogP contribution is -2.45. The fourth-order valence-corrected chi connectivity index (χ4v) is 3.22. The molecule has 140 valence electrons. The zero-order chi connectivity index (χ0) is 18.2. The van der Waals surface area contributed by atoms with Gasteiger partial charge in [0.25, 0.3) is 5.89 Å². The highest BCUT2D eigenvalue weighted by Crippen LogP contribution is 2.15. The van der Waals surface area contributed by atoms with Gasteiger partial charge in [-0.2, -0.15) is 4.98 Å². The molecule has 8 nitrogen and oxygen atoms in total. The van der Waals surface area contributed by atoms with Crippen LogP contribution in [0.1, 0.15) is 25.6 Å². The number of nitrogens with one attached hydrogen (secondary N) is 2. The maximum atomic E-state index is 5.27. The molecule has 1 fully saturated rings. The van der Waals surface area contributed by atoms with Crippen molar-refractivity contribution in [1.82, 2.24) is 30.7 Å². The zero-order valence-electron chi connectivity index (χ0n) is 15.5. The summed E-state index contributed by atoms with van der Waals surface area (Å²) in [6, 6.07) is 6.20. The van der Waals surface area contributed by atoms with E-state index in [4.69, 9.17) is 4.52 Å². The summed E-state index contributed by atoms with van der Waals surface area (Å²) in [6.45, 7) is 6.12. The summed E-state index contributed by atoms with van der Waals surface area (Å²) in [7, 11) is 1.79. The number of aromatic nitrogens is 3. The molecule has 0 aliphatic carbocycles. The Labute approximate surface area is 154 Å². The van der Waals surface area contributed by atoms with Crippen LogP contribution in [0.25, 0.3) is 11.6 Å². The first-order valence-electron chi connectivity index (χ1n) is 9.22. The maximum Gasteiger partial charge on any atom is 0.276 e. The average molecular weight is 357 g/mol. The van der Waals surface area contributed by atoms with E-state index in [2.05, 4.69) is 42.6 Å². The molecule has 0 bridgehead atoms. The molecular weight excluding hydrogens is 330 g/mol. The number of hydrogen-bond donors (Lipinski definition) is 2. The van der Waals surface area contributed by atoms with Gasteiger partial charge in [-0.1, -0.05) is 18.1 Å². The number of guanidine groups is 1. The first-order valence-corrected chi connectivity index (χ1v) is 9.22. The van der Waals surface area contributed by atoms with Gasteiger partial charge in [0, 0.05) is 38.8 Å². The molecule has 1 saturated heterocycles. The molecule has 0 amide bonds. The fourth-order valence-electron chi connectivity index (χ4n) is 3.22. The fraction of sp³-hybridized carbons (Fsp3) is 0.556. The predicted molar refractivity (Wildman–Crippen MR) is 101 cm³/mol. The van der Waals surface area contributed by atoms with Crippen LogP contribution in [-0.2, 0) is 6.42 Å². The molecule has 1 unspecified atom stereocenters. The molecule has 0 aromatic carbocycles. The summed E-state index contributed by atoms with van der Waals surface area (Å²) < 4.78 is 5.27. The van der Waals surface area contributed by atoms with Gasteiger partial charge in [0.2, 0.25) is 0 Å². The monoisotopic (exact) mass is 357 g/mol. The first-order chi connectivity index (χ1) is 12.8. The summed E-state index contributed by atoms with van der Waals surface area (Å²) in [4.78, 5) is 15.4. The van der Waals surface area contributed by atoms with Gasteiger partial charge in [-0.3, -0.25) is 14.9 Å². The number of likely N-dealkylation sites (N-methyl/N-ethyl adjacent to an activating group) is 1. The molecule has 2 aromatic heterocycles. The van der Waals surface area contributed by atoms with Crippen molar-refractivity contribution in [1.29, 1.82) is 0 Å². The Balaban J connectivity index is 1.43. The molecule has 1 atom stereocenters. The van der Waals surface area contributed by atoms with Crippen molar-refractivity contribution < 1.29 is 4.52 Å². The molecular formula is C18H27N7O. The molecule has 8 heteroatoms. The Hall–Kier alpha value is -2.48. The molecule has 0 radical (unpaired) electrons. The normalized spacial score (nSPS) is 18.2. The molecule has 0 saturated carbocycles. The number of aliphatic imine (C=N–C) groups is 1. The van der Waals surface area contributed by atoms with Crippen molar-refractivity contribution in [3.05, 3.63) is 30.2 Å². The molecule has 2 N–H and O–H groups in total. The van der Waals surface area contributed by atoms with E-state index in [0.29, 0.717) is 36.4 Å². The van der Waals surface area contributed by atoms with Crippen molar-refractivity contribution in [3.63, 3.8) is 0 Å². The van der Waals surface area contributed by atoms with E-state index >= 15 is 0 Å². The van der Waals surface area contributed by atoms with Gasteiger partial charge < -0.3 is 15.2 Å². The van der Waals surface area contributed by atoms with E-state index in [1.807, 2.05) is 18.2 Å². The minimum Gasteiger partial charge on any atom is -0.356 e. The predicted octanol–water partition coefficient (Wildman–Crippen LogP) is 1.32. The molecule has 1 aliphatic heterocycles. The lowest BCUT2D eigenvalue weighted by Gasteiger charge is -2.23. The summed E-state index contributed by atoms with van der Waals surface area (Å²) >= 11 is 0. The quantitative estimate of drug-likeness (QED) is 0.570. The lowest BCUT2D eigenvalue weighted by molar-refractivity contribution is 0.267. The third-order valence-electron chi connectivity index (χ3n) is 4.63. The molecule has 1 aliphatic rings. The van der Waals surface area contributed by atoms with Gasteiger partial charge in [0.1, 0.15) is 5.69 Å². The Morgan fingerprint density at radius 3 is 3.08 bits per heavy atom. The molecule has 3 heterocycles. The number of pyridine rings is 1. The molecule has 26 heavy (non-hydrogen) atoms. The Kier molecular flexibility index (Phi) is 6.54. The maximum absolute atomic E-state index is 5.27. The Morgan fingerprint density at radius 2 is 2.31 bits per heavy atom. The first kappa shape index (κ1) is 18.3. The summed E-state index contributed by atoms with van der Waals surface area (Å²) in [6.07, 6.45) is 4.89. The number of nitrogens with zero attached hydrogens (tertiary/aromatic N) is 5. The Bertz CT molecular complexity index is 701. The van der Waals surface area contributed by atoms with Gasteiger partial charge in [-0.25, -0.2) is 0 Å². The second-order valence-electron chi connectivity index (χ2n) is 6.29. The van der Waals surface area contributed by atoms with Crippen LogP contribution in [0, 0.1) is 0 Å². The number of likely N-dealkylation sites (tertiary alicyclic amines) is 1. The van der Waals surface area contributed by atoms with Crippen LogP contribution in [0.2, 0.25) is 0 Å². The van der Waals surface area contributed by atoms with Crippen LogP contribution < -0.4 is 10.6 Å². The smallest absolute Gasteiger partial charge is 0.276 e. The van der Waals surface area contributed by atoms with Gasteiger partial charge in [0.05, 0.1) is 0 Å². The van der Waals surface area contributed by atoms with Crippen LogP contribution in [-0.4, -0.2) is 65.3 Å². The van der Waals surface area contributed by atoms with E-state index < -0.39 is 0 Å². The SMILES string of the molecule is CCN1CCCC1CNC(=NC)NCCc1noc(-c2ccccn2)n1. The second kappa shape index (κ2) is 9.28. The van der Waals surface area contributed by atoms with Crippen molar-refractivity contribution in [2.45, 2.75) is 32.2 Å². The average Bonchev–Trinajstić information content (AvgIpc) is 3.34. The lowest BCUT2D eigenvalue weighted by atomic mass is 10.2. The van der Waals surface area contributed by atoms with Crippen molar-refractivity contribution in [3.8, 4) is 11.6 Å². The van der Waals surface area contributed by atoms with Gasteiger partial charge in [-0.05, 0) is 38.1 Å². The van der Waals surface area contributed by atoms with Crippen LogP contribution >= 0.6 is 0 Å². The van der Waals surface area contributed by atoms with Gasteiger partial charge in [0.15, 0.2) is 11.8 Å². The summed E-state index contributed by atoms with van der Waals surface area (Å²) in [5, 5.41) is 10.7. The number of hydrogen-bond acceptors (Lipinski definition) is 6. The summed E-state index contributed by atoms with van der Waals surface area (Å²) in [5.41, 5.74) is 0.689. The van der Waals surface area contributed by atoms with E-state index in [-0.39, 0.29) is 0 Å². The third kappa shape index (κ3) is 4.78. The minimum atomic E-state index is 0.448. The highest BCUT2D eigenvalue weighted by atomic mass is 16.5. The largest absolute Gasteiger partial charge is 0.356 e. The minimum absolute atomic E-state index is 0.448. The second-order valence-corrected chi connectivity index (χ2v) is 6.29. The van der Waals surface area contributed by atoms with Crippen LogP contribution in [0.15, 0.2) is 33.9 Å². The van der Waals surface area contributed by atoms with Gasteiger partial charge in [-0.15, -0.1) is 0 Å². The Morgan fingerprint density at radius 1 is 1.38 bits per heavy atom. The van der Waals surface area contributed by atoms with E-state index in [1.54, 1.807) is 13.2 Å². The third-order valence-corrected chi connectivity index (χ3v) is 4.63.